The number of carbonyl (C=O) groups excluding carboxylic acids is 1. The van der Waals surface area contributed by atoms with Gasteiger partial charge in [0.2, 0.25) is 5.88 Å². The van der Waals surface area contributed by atoms with Gasteiger partial charge < -0.3 is 19.5 Å². The molecule has 0 radical (unpaired) electrons. The number of fused-ring (bicyclic) bond motifs is 1. The van der Waals surface area contributed by atoms with Crippen molar-refractivity contribution in [3.05, 3.63) is 89.1 Å². The number of hydrogen-bond donors (Lipinski definition) is 1. The molecule has 158 valence electrons. The summed E-state index contributed by atoms with van der Waals surface area (Å²) < 4.78 is 17.2. The number of benzene rings is 2. The van der Waals surface area contributed by atoms with Crippen LogP contribution in [0.3, 0.4) is 0 Å². The van der Waals surface area contributed by atoms with E-state index >= 15 is 0 Å². The van der Waals surface area contributed by atoms with Crippen LogP contribution in [0.5, 0.6) is 17.4 Å². The Morgan fingerprint density at radius 1 is 1.06 bits per heavy atom. The second kappa shape index (κ2) is 9.80. The highest BCUT2D eigenvalue weighted by Gasteiger charge is 2.20. The molecule has 0 fully saturated rings. The minimum absolute atomic E-state index is 0.170. The fourth-order valence-corrected chi connectivity index (χ4v) is 3.25. The van der Waals surface area contributed by atoms with Gasteiger partial charge in [-0.2, -0.15) is 0 Å². The Bertz CT molecular complexity index is 1080. The molecule has 0 atom stereocenters. The summed E-state index contributed by atoms with van der Waals surface area (Å²) >= 11 is 0. The Morgan fingerprint density at radius 2 is 1.94 bits per heavy atom. The third-order valence-corrected chi connectivity index (χ3v) is 4.78. The van der Waals surface area contributed by atoms with Gasteiger partial charge in [0.05, 0.1) is 12.2 Å². The van der Waals surface area contributed by atoms with E-state index in [4.69, 9.17) is 14.2 Å². The van der Waals surface area contributed by atoms with Crippen molar-refractivity contribution in [1.82, 2.24) is 10.3 Å². The maximum atomic E-state index is 12.6. The van der Waals surface area contributed by atoms with Crippen LogP contribution < -0.4 is 19.5 Å². The van der Waals surface area contributed by atoms with Crippen molar-refractivity contribution in [2.75, 3.05) is 13.2 Å². The molecule has 0 spiro atoms. The van der Waals surface area contributed by atoms with Crippen LogP contribution in [0.15, 0.2) is 72.4 Å². The molecule has 0 unspecified atom stereocenters. The third-order valence-electron chi connectivity index (χ3n) is 4.78. The number of ether oxygens (including phenoxy) is 3. The number of aromatic nitrogens is 1. The normalized spacial score (nSPS) is 12.2. The number of amides is 1. The standard InChI is InChI=1S/C25H24N2O4/c1-2-29-22-10-6-9-20-14-21(17-31-24(20)22)25(28)27-15-19-11-12-26-23(13-19)30-16-18-7-4-3-5-8-18/h3-14H,2,15-17H2,1H3,(H,27,28). The molecule has 2 aromatic carbocycles. The third kappa shape index (κ3) is 5.22. The molecule has 1 aromatic heterocycles. The van der Waals surface area contributed by atoms with E-state index in [1.165, 1.54) is 0 Å². The highest BCUT2D eigenvalue weighted by atomic mass is 16.5. The average molecular weight is 416 g/mol. The number of hydrogen-bond acceptors (Lipinski definition) is 5. The lowest BCUT2D eigenvalue weighted by atomic mass is 10.1. The van der Waals surface area contributed by atoms with E-state index < -0.39 is 0 Å². The van der Waals surface area contributed by atoms with Crippen LogP contribution in [0.25, 0.3) is 6.08 Å². The number of pyridine rings is 1. The minimum Gasteiger partial charge on any atom is -0.490 e. The molecule has 1 aliphatic heterocycles. The smallest absolute Gasteiger partial charge is 0.250 e. The second-order valence-electron chi connectivity index (χ2n) is 7.03. The number of nitrogens with one attached hydrogen (secondary N) is 1. The summed E-state index contributed by atoms with van der Waals surface area (Å²) in [5.41, 5.74) is 3.38. The van der Waals surface area contributed by atoms with Crippen LogP contribution in [-0.4, -0.2) is 24.1 Å². The largest absolute Gasteiger partial charge is 0.490 e. The zero-order valence-electron chi connectivity index (χ0n) is 17.3. The summed E-state index contributed by atoms with van der Waals surface area (Å²) in [7, 11) is 0. The van der Waals surface area contributed by atoms with Crippen LogP contribution in [0.1, 0.15) is 23.6 Å². The van der Waals surface area contributed by atoms with Crippen molar-refractivity contribution in [3.63, 3.8) is 0 Å². The summed E-state index contributed by atoms with van der Waals surface area (Å²) in [5, 5.41) is 2.94. The number of nitrogens with zero attached hydrogens (tertiary/aromatic N) is 1. The molecule has 1 amide bonds. The molecular weight excluding hydrogens is 392 g/mol. The van der Waals surface area contributed by atoms with Gasteiger partial charge in [-0.05, 0) is 36.3 Å². The van der Waals surface area contributed by atoms with Gasteiger partial charge in [0.15, 0.2) is 11.5 Å². The summed E-state index contributed by atoms with van der Waals surface area (Å²) in [6, 6.07) is 19.2. The maximum Gasteiger partial charge on any atom is 0.250 e. The van der Waals surface area contributed by atoms with Gasteiger partial charge in [-0.25, -0.2) is 4.98 Å². The van der Waals surface area contributed by atoms with Crippen LogP contribution in [0.4, 0.5) is 0 Å². The van der Waals surface area contributed by atoms with E-state index in [1.807, 2.05) is 73.7 Å². The second-order valence-corrected chi connectivity index (χ2v) is 7.03. The summed E-state index contributed by atoms with van der Waals surface area (Å²) in [6.07, 6.45) is 3.52. The first-order valence-corrected chi connectivity index (χ1v) is 10.2. The molecule has 0 bridgehead atoms. The van der Waals surface area contributed by atoms with Crippen molar-refractivity contribution < 1.29 is 19.0 Å². The van der Waals surface area contributed by atoms with Gasteiger partial charge in [-0.3, -0.25) is 4.79 Å². The molecule has 4 rings (SSSR count). The van der Waals surface area contributed by atoms with Crippen molar-refractivity contribution in [2.45, 2.75) is 20.1 Å². The summed E-state index contributed by atoms with van der Waals surface area (Å²) in [5.74, 6) is 1.72. The van der Waals surface area contributed by atoms with E-state index in [2.05, 4.69) is 10.3 Å². The SMILES string of the molecule is CCOc1cccc2c1OCC(C(=O)NCc1ccnc(OCc3ccccc3)c1)=C2. The first kappa shape index (κ1) is 20.5. The Labute approximate surface area is 181 Å². The van der Waals surface area contributed by atoms with E-state index in [0.717, 1.165) is 16.7 Å². The van der Waals surface area contributed by atoms with Gasteiger partial charge in [0.1, 0.15) is 13.2 Å². The average Bonchev–Trinajstić information content (AvgIpc) is 2.82. The highest BCUT2D eigenvalue weighted by molar-refractivity contribution is 5.99. The summed E-state index contributed by atoms with van der Waals surface area (Å²) in [4.78, 5) is 16.9. The Morgan fingerprint density at radius 3 is 2.77 bits per heavy atom. The Hall–Kier alpha value is -3.80. The molecule has 6 heteroatoms. The lowest BCUT2D eigenvalue weighted by Crippen LogP contribution is -2.28. The Balaban J connectivity index is 1.36. The zero-order valence-corrected chi connectivity index (χ0v) is 17.3. The van der Waals surface area contributed by atoms with E-state index in [0.29, 0.717) is 42.7 Å². The maximum absolute atomic E-state index is 12.6. The fourth-order valence-electron chi connectivity index (χ4n) is 3.25. The van der Waals surface area contributed by atoms with E-state index in [9.17, 15) is 4.79 Å². The van der Waals surface area contributed by atoms with Gasteiger partial charge in [0.25, 0.3) is 5.91 Å². The summed E-state index contributed by atoms with van der Waals surface area (Å²) in [6.45, 7) is 3.49. The molecule has 0 saturated carbocycles. The van der Waals surface area contributed by atoms with E-state index in [-0.39, 0.29) is 12.5 Å². The van der Waals surface area contributed by atoms with Crippen molar-refractivity contribution in [1.29, 1.82) is 0 Å². The van der Waals surface area contributed by atoms with Gasteiger partial charge in [-0.15, -0.1) is 0 Å². The quantitative estimate of drug-likeness (QED) is 0.597. The van der Waals surface area contributed by atoms with Crippen LogP contribution >= 0.6 is 0 Å². The predicted octanol–water partition coefficient (Wildman–Crippen LogP) is 4.15. The lowest BCUT2D eigenvalue weighted by Gasteiger charge is -2.20. The van der Waals surface area contributed by atoms with Crippen molar-refractivity contribution in [3.8, 4) is 17.4 Å². The molecule has 31 heavy (non-hydrogen) atoms. The molecule has 0 aliphatic carbocycles. The van der Waals surface area contributed by atoms with Gasteiger partial charge >= 0.3 is 0 Å². The van der Waals surface area contributed by atoms with Crippen LogP contribution in [-0.2, 0) is 17.9 Å². The highest BCUT2D eigenvalue weighted by Crippen LogP contribution is 2.35. The first-order chi connectivity index (χ1) is 15.2. The topological polar surface area (TPSA) is 69.7 Å². The molecule has 6 nitrogen and oxygen atoms in total. The van der Waals surface area contributed by atoms with E-state index in [1.54, 1.807) is 6.20 Å². The van der Waals surface area contributed by atoms with Crippen molar-refractivity contribution >= 4 is 12.0 Å². The first-order valence-electron chi connectivity index (χ1n) is 10.2. The lowest BCUT2D eigenvalue weighted by molar-refractivity contribution is -0.117. The fraction of sp³-hybridized carbons (Fsp3) is 0.200. The van der Waals surface area contributed by atoms with Gasteiger partial charge in [-0.1, -0.05) is 42.5 Å². The number of para-hydroxylation sites is 1. The molecule has 2 heterocycles. The zero-order chi connectivity index (χ0) is 21.5. The monoisotopic (exact) mass is 416 g/mol. The molecular formula is C25H24N2O4. The van der Waals surface area contributed by atoms with Crippen LogP contribution in [0.2, 0.25) is 0 Å². The van der Waals surface area contributed by atoms with Crippen LogP contribution in [0, 0.1) is 0 Å². The molecule has 1 aliphatic rings. The predicted molar refractivity (Wildman–Crippen MR) is 118 cm³/mol. The molecule has 0 saturated heterocycles. The van der Waals surface area contributed by atoms with Crippen molar-refractivity contribution in [2.24, 2.45) is 0 Å². The number of carbonyl (C=O) groups is 1. The van der Waals surface area contributed by atoms with Gasteiger partial charge in [0, 0.05) is 24.4 Å². The molecule has 3 aromatic rings. The Kier molecular flexibility index (Phi) is 6.47. The minimum atomic E-state index is -0.170. The number of rotatable bonds is 8. The molecule has 1 N–H and O–H groups in total.